The second kappa shape index (κ2) is 9.77. The van der Waals surface area contributed by atoms with Crippen LogP contribution in [0.25, 0.3) is 0 Å². The molecule has 178 valence electrons. The number of carbonyl (C=O) groups excluding carboxylic acids is 1. The van der Waals surface area contributed by atoms with E-state index in [0.29, 0.717) is 41.4 Å². The minimum absolute atomic E-state index is 0.128. The number of rotatable bonds is 8. The SMILES string of the molecule is CCN(Cc1ccc2c(c1)OCO2)C(=O)c1ccc(C)c(S(=O)(=O)N(CC)c2ccccc2)c1. The van der Waals surface area contributed by atoms with E-state index in [2.05, 4.69) is 0 Å². The van der Waals surface area contributed by atoms with Gasteiger partial charge in [-0.25, -0.2) is 8.42 Å². The van der Waals surface area contributed by atoms with Gasteiger partial charge in [-0.2, -0.15) is 0 Å². The Morgan fingerprint density at radius 2 is 1.65 bits per heavy atom. The maximum atomic E-state index is 13.6. The van der Waals surface area contributed by atoms with Gasteiger partial charge in [0.2, 0.25) is 6.79 Å². The van der Waals surface area contributed by atoms with E-state index in [4.69, 9.17) is 9.47 Å². The van der Waals surface area contributed by atoms with Crippen molar-refractivity contribution in [2.24, 2.45) is 0 Å². The zero-order valence-electron chi connectivity index (χ0n) is 19.5. The number of sulfonamides is 1. The van der Waals surface area contributed by atoms with Crippen LogP contribution in [-0.4, -0.2) is 39.1 Å². The minimum Gasteiger partial charge on any atom is -0.454 e. The summed E-state index contributed by atoms with van der Waals surface area (Å²) in [5.41, 5.74) is 2.40. The largest absolute Gasteiger partial charge is 0.454 e. The molecule has 0 fully saturated rings. The first-order valence-electron chi connectivity index (χ1n) is 11.2. The average molecular weight is 481 g/mol. The van der Waals surface area contributed by atoms with E-state index in [9.17, 15) is 13.2 Å². The summed E-state index contributed by atoms with van der Waals surface area (Å²) in [5, 5.41) is 0. The number of fused-ring (bicyclic) bond motifs is 1. The van der Waals surface area contributed by atoms with Crippen molar-refractivity contribution in [3.63, 3.8) is 0 Å². The highest BCUT2D eigenvalue weighted by atomic mass is 32.2. The van der Waals surface area contributed by atoms with Crippen molar-refractivity contribution in [3.05, 3.63) is 83.4 Å². The number of hydrogen-bond donors (Lipinski definition) is 0. The number of nitrogens with zero attached hydrogens (tertiary/aromatic N) is 2. The van der Waals surface area contributed by atoms with Crippen molar-refractivity contribution >= 4 is 21.6 Å². The normalized spacial score (nSPS) is 12.4. The molecular formula is C26H28N2O5S. The molecule has 3 aromatic carbocycles. The molecule has 0 saturated heterocycles. The average Bonchev–Trinajstić information content (AvgIpc) is 3.31. The predicted molar refractivity (Wildman–Crippen MR) is 131 cm³/mol. The Morgan fingerprint density at radius 1 is 0.912 bits per heavy atom. The Morgan fingerprint density at radius 3 is 2.35 bits per heavy atom. The maximum absolute atomic E-state index is 13.6. The Balaban J connectivity index is 1.63. The van der Waals surface area contributed by atoms with Gasteiger partial charge >= 0.3 is 0 Å². The molecule has 3 aromatic rings. The Labute approximate surface area is 200 Å². The van der Waals surface area contributed by atoms with Gasteiger partial charge in [-0.3, -0.25) is 9.10 Å². The lowest BCUT2D eigenvalue weighted by Crippen LogP contribution is -2.32. The fourth-order valence-electron chi connectivity index (χ4n) is 3.98. The van der Waals surface area contributed by atoms with Crippen LogP contribution in [-0.2, 0) is 16.6 Å². The Bertz CT molecular complexity index is 1290. The molecule has 1 heterocycles. The van der Waals surface area contributed by atoms with Crippen molar-refractivity contribution in [3.8, 4) is 11.5 Å². The van der Waals surface area contributed by atoms with Crippen molar-refractivity contribution in [2.75, 3.05) is 24.2 Å². The van der Waals surface area contributed by atoms with E-state index < -0.39 is 10.0 Å². The van der Waals surface area contributed by atoms with Crippen LogP contribution in [0.1, 0.15) is 35.3 Å². The molecule has 1 amide bonds. The quantitative estimate of drug-likeness (QED) is 0.471. The molecule has 8 heteroatoms. The smallest absolute Gasteiger partial charge is 0.264 e. The molecule has 0 N–H and O–H groups in total. The lowest BCUT2D eigenvalue weighted by Gasteiger charge is -2.25. The highest BCUT2D eigenvalue weighted by Crippen LogP contribution is 2.33. The number of anilines is 1. The van der Waals surface area contributed by atoms with Crippen LogP contribution in [0.15, 0.2) is 71.6 Å². The van der Waals surface area contributed by atoms with Crippen LogP contribution in [0.2, 0.25) is 0 Å². The topological polar surface area (TPSA) is 76.1 Å². The van der Waals surface area contributed by atoms with Gasteiger partial charge < -0.3 is 14.4 Å². The molecule has 0 aliphatic carbocycles. The highest BCUT2D eigenvalue weighted by Gasteiger charge is 2.27. The van der Waals surface area contributed by atoms with Gasteiger partial charge in [-0.1, -0.05) is 30.3 Å². The van der Waals surface area contributed by atoms with Crippen LogP contribution in [0.3, 0.4) is 0 Å². The number of aryl methyl sites for hydroxylation is 1. The molecule has 34 heavy (non-hydrogen) atoms. The Hall–Kier alpha value is -3.52. The first kappa shape index (κ1) is 23.6. The molecule has 0 unspecified atom stereocenters. The number of benzene rings is 3. The number of carbonyl (C=O) groups is 1. The molecule has 7 nitrogen and oxygen atoms in total. The monoisotopic (exact) mass is 480 g/mol. The summed E-state index contributed by atoms with van der Waals surface area (Å²) in [5.74, 6) is 1.11. The van der Waals surface area contributed by atoms with Crippen molar-refractivity contribution < 1.29 is 22.7 Å². The summed E-state index contributed by atoms with van der Waals surface area (Å²) in [6, 6.07) is 19.4. The van der Waals surface area contributed by atoms with Gasteiger partial charge in [-0.15, -0.1) is 0 Å². The molecule has 0 saturated carbocycles. The van der Waals surface area contributed by atoms with E-state index in [0.717, 1.165) is 5.56 Å². The van der Waals surface area contributed by atoms with Gasteiger partial charge in [0, 0.05) is 25.2 Å². The molecule has 0 spiro atoms. The Kier molecular flexibility index (Phi) is 6.79. The number of para-hydroxylation sites is 1. The van der Waals surface area contributed by atoms with E-state index in [1.165, 1.54) is 10.4 Å². The second-order valence-electron chi connectivity index (χ2n) is 7.99. The minimum atomic E-state index is -3.86. The van der Waals surface area contributed by atoms with Gasteiger partial charge in [0.1, 0.15) is 0 Å². The van der Waals surface area contributed by atoms with Crippen LogP contribution >= 0.6 is 0 Å². The zero-order chi connectivity index (χ0) is 24.3. The molecule has 0 bridgehead atoms. The van der Waals surface area contributed by atoms with Gasteiger partial charge in [0.15, 0.2) is 11.5 Å². The van der Waals surface area contributed by atoms with Gasteiger partial charge in [0.25, 0.3) is 15.9 Å². The maximum Gasteiger partial charge on any atom is 0.264 e. The molecule has 1 aliphatic rings. The summed E-state index contributed by atoms with van der Waals surface area (Å²) >= 11 is 0. The summed E-state index contributed by atoms with van der Waals surface area (Å²) in [6.45, 7) is 6.72. The number of ether oxygens (including phenoxy) is 2. The van der Waals surface area contributed by atoms with E-state index in [1.54, 1.807) is 55.1 Å². The summed E-state index contributed by atoms with van der Waals surface area (Å²) in [7, 11) is -3.86. The van der Waals surface area contributed by atoms with Crippen molar-refractivity contribution in [1.29, 1.82) is 0 Å². The van der Waals surface area contributed by atoms with E-state index in [1.807, 2.05) is 31.2 Å². The molecule has 4 rings (SSSR count). The highest BCUT2D eigenvalue weighted by molar-refractivity contribution is 7.92. The summed E-state index contributed by atoms with van der Waals surface area (Å²) in [6.07, 6.45) is 0. The third-order valence-corrected chi connectivity index (χ3v) is 7.86. The first-order valence-corrected chi connectivity index (χ1v) is 12.7. The molecule has 0 atom stereocenters. The zero-order valence-corrected chi connectivity index (χ0v) is 20.3. The van der Waals surface area contributed by atoms with E-state index in [-0.39, 0.29) is 24.1 Å². The first-order chi connectivity index (χ1) is 16.3. The van der Waals surface area contributed by atoms with Crippen LogP contribution in [0, 0.1) is 6.92 Å². The lowest BCUT2D eigenvalue weighted by molar-refractivity contribution is 0.0752. The van der Waals surface area contributed by atoms with Crippen molar-refractivity contribution in [1.82, 2.24) is 4.90 Å². The predicted octanol–water partition coefficient (Wildman–Crippen LogP) is 4.60. The third-order valence-electron chi connectivity index (χ3n) is 5.81. The van der Waals surface area contributed by atoms with Crippen LogP contribution in [0.4, 0.5) is 5.69 Å². The molecule has 0 aromatic heterocycles. The number of hydrogen-bond acceptors (Lipinski definition) is 5. The molecule has 0 radical (unpaired) electrons. The number of amides is 1. The third kappa shape index (κ3) is 4.59. The fourth-order valence-corrected chi connectivity index (χ4v) is 5.71. The lowest BCUT2D eigenvalue weighted by atomic mass is 10.1. The second-order valence-corrected chi connectivity index (χ2v) is 9.82. The van der Waals surface area contributed by atoms with Gasteiger partial charge in [-0.05, 0) is 68.3 Å². The van der Waals surface area contributed by atoms with E-state index >= 15 is 0 Å². The summed E-state index contributed by atoms with van der Waals surface area (Å²) in [4.78, 5) is 15.2. The molecular weight excluding hydrogens is 452 g/mol. The molecule has 1 aliphatic heterocycles. The van der Waals surface area contributed by atoms with Crippen LogP contribution < -0.4 is 13.8 Å². The summed E-state index contributed by atoms with van der Waals surface area (Å²) < 4.78 is 39.3. The van der Waals surface area contributed by atoms with Crippen LogP contribution in [0.5, 0.6) is 11.5 Å². The van der Waals surface area contributed by atoms with Gasteiger partial charge in [0.05, 0.1) is 10.6 Å². The fraction of sp³-hybridized carbons (Fsp3) is 0.269. The standard InChI is InChI=1S/C26H28N2O5S/c1-4-27(17-20-12-14-23-24(15-20)33-18-32-23)26(29)21-13-11-19(3)25(16-21)34(30,31)28(5-2)22-9-7-6-8-10-22/h6-16H,4-5,17-18H2,1-3H3. The van der Waals surface area contributed by atoms with Crippen molar-refractivity contribution in [2.45, 2.75) is 32.2 Å².